The van der Waals surface area contributed by atoms with Crippen LogP contribution in [0.5, 0.6) is 0 Å². The molecule has 1 unspecified atom stereocenters. The monoisotopic (exact) mass is 575 g/mol. The van der Waals surface area contributed by atoms with Crippen molar-refractivity contribution >= 4 is 32.8 Å². The molecule has 0 spiro atoms. The molecule has 0 amide bonds. The van der Waals surface area contributed by atoms with Gasteiger partial charge in [-0.15, -0.1) is 0 Å². The van der Waals surface area contributed by atoms with E-state index in [1.54, 1.807) is 12.2 Å². The Kier molecular flexibility index (Phi) is 8.67. The van der Waals surface area contributed by atoms with Gasteiger partial charge in [0.15, 0.2) is 5.60 Å². The number of thiocarbonyl (C=S) groups is 1. The Hall–Kier alpha value is -1.87. The molecule has 8 nitrogen and oxygen atoms in total. The van der Waals surface area contributed by atoms with E-state index < -0.39 is 21.8 Å². The van der Waals surface area contributed by atoms with Gasteiger partial charge in [-0.05, 0) is 30.7 Å². The number of morpholine rings is 1. The number of aliphatic hydroxyl groups excluding tert-OH is 1. The predicted octanol–water partition coefficient (Wildman–Crippen LogP) is 2.18. The lowest BCUT2D eigenvalue weighted by Gasteiger charge is -2.45. The fraction of sp³-hybridized carbons (Fsp3) is 0.560. The molecule has 2 fully saturated rings. The molecule has 0 radical (unpaired) electrons. The van der Waals surface area contributed by atoms with Crippen LogP contribution in [-0.4, -0.2) is 104 Å². The minimum atomic E-state index is -4.83. The van der Waals surface area contributed by atoms with Crippen LogP contribution in [-0.2, 0) is 20.4 Å². The van der Waals surface area contributed by atoms with E-state index in [4.69, 9.17) is 17.0 Å². The number of alkyl halides is 3. The van der Waals surface area contributed by atoms with Gasteiger partial charge in [0, 0.05) is 56.2 Å². The molecule has 1 aromatic rings. The molecule has 13 heteroatoms. The van der Waals surface area contributed by atoms with Gasteiger partial charge in [-0.25, -0.2) is 8.42 Å². The zero-order chi connectivity index (χ0) is 27.7. The fourth-order valence-corrected chi connectivity index (χ4v) is 7.00. The molecule has 210 valence electrons. The minimum Gasteiger partial charge on any atom is -0.394 e. The zero-order valence-electron chi connectivity index (χ0n) is 21.0. The van der Waals surface area contributed by atoms with Crippen molar-refractivity contribution in [2.45, 2.75) is 37.3 Å². The normalized spacial score (nSPS) is 25.8. The van der Waals surface area contributed by atoms with E-state index in [1.807, 2.05) is 4.90 Å². The number of rotatable bonds is 7. The van der Waals surface area contributed by atoms with Crippen molar-refractivity contribution in [3.8, 4) is 0 Å². The summed E-state index contributed by atoms with van der Waals surface area (Å²) >= 11 is 5.32. The van der Waals surface area contributed by atoms with Crippen LogP contribution in [0.4, 0.5) is 18.9 Å². The number of ether oxygens (including phenoxy) is 1. The van der Waals surface area contributed by atoms with E-state index in [1.165, 1.54) is 34.6 Å². The van der Waals surface area contributed by atoms with Crippen LogP contribution in [0.2, 0.25) is 0 Å². The summed E-state index contributed by atoms with van der Waals surface area (Å²) in [6.45, 7) is 3.16. The van der Waals surface area contributed by atoms with Gasteiger partial charge in [0.25, 0.3) is 0 Å². The average molecular weight is 576 g/mol. The molecule has 0 aromatic heterocycles. The van der Waals surface area contributed by atoms with E-state index in [2.05, 4.69) is 4.90 Å². The van der Waals surface area contributed by atoms with Crippen molar-refractivity contribution in [1.82, 2.24) is 9.21 Å². The Morgan fingerprint density at radius 3 is 2.47 bits per heavy atom. The summed E-state index contributed by atoms with van der Waals surface area (Å²) in [7, 11) is -3.84. The van der Waals surface area contributed by atoms with Crippen LogP contribution in [0.3, 0.4) is 0 Å². The van der Waals surface area contributed by atoms with Gasteiger partial charge >= 0.3 is 6.18 Å². The lowest BCUT2D eigenvalue weighted by atomic mass is 9.95. The molecule has 1 aromatic carbocycles. The van der Waals surface area contributed by atoms with E-state index in [-0.39, 0.29) is 42.3 Å². The summed E-state index contributed by atoms with van der Waals surface area (Å²) in [6.07, 6.45) is 0.200. The first kappa shape index (κ1) is 29.1. The molecule has 2 saturated heterocycles. The third-order valence-electron chi connectivity index (χ3n) is 7.23. The predicted molar refractivity (Wildman–Crippen MR) is 141 cm³/mol. The SMILES string of the molecule is CC(O)(c1ccc(N2CCN(S(=O)(=O)C3=CC=CCC3=S)C[C@@H]2CN2CCO[C@H](CO)C2)cc1)C(F)(F)F. The highest BCUT2D eigenvalue weighted by Gasteiger charge is 2.51. The number of piperazine rings is 1. The van der Waals surface area contributed by atoms with Crippen molar-refractivity contribution < 1.29 is 36.5 Å². The first-order valence-electron chi connectivity index (χ1n) is 12.4. The Morgan fingerprint density at radius 2 is 1.84 bits per heavy atom. The van der Waals surface area contributed by atoms with Gasteiger partial charge in [-0.1, -0.05) is 36.5 Å². The van der Waals surface area contributed by atoms with Gasteiger partial charge in [0.05, 0.1) is 30.3 Å². The lowest BCUT2D eigenvalue weighted by Crippen LogP contribution is -2.60. The van der Waals surface area contributed by atoms with Gasteiger partial charge < -0.3 is 19.8 Å². The van der Waals surface area contributed by atoms with Gasteiger partial charge in [0.1, 0.15) is 0 Å². The van der Waals surface area contributed by atoms with Crippen molar-refractivity contribution in [2.24, 2.45) is 0 Å². The molecule has 0 bridgehead atoms. The Labute approximate surface area is 226 Å². The van der Waals surface area contributed by atoms with E-state index >= 15 is 0 Å². The Balaban J connectivity index is 1.60. The second-order valence-electron chi connectivity index (χ2n) is 9.85. The number of aliphatic hydroxyl groups is 2. The molecular weight excluding hydrogens is 543 g/mol. The van der Waals surface area contributed by atoms with Crippen LogP contribution < -0.4 is 4.90 Å². The van der Waals surface area contributed by atoms with Crippen LogP contribution in [0.25, 0.3) is 0 Å². The summed E-state index contributed by atoms with van der Waals surface area (Å²) in [6, 6.07) is 5.20. The van der Waals surface area contributed by atoms with Gasteiger partial charge in [-0.3, -0.25) is 4.90 Å². The largest absolute Gasteiger partial charge is 0.421 e. The molecule has 4 rings (SSSR count). The number of hydrogen-bond donors (Lipinski definition) is 2. The number of nitrogens with zero attached hydrogens (tertiary/aromatic N) is 3. The third kappa shape index (κ3) is 5.98. The Morgan fingerprint density at radius 1 is 1.13 bits per heavy atom. The molecule has 3 atom stereocenters. The fourth-order valence-electron chi connectivity index (χ4n) is 4.93. The van der Waals surface area contributed by atoms with Gasteiger partial charge in [0.2, 0.25) is 10.0 Å². The zero-order valence-corrected chi connectivity index (χ0v) is 22.6. The maximum absolute atomic E-state index is 13.5. The molecule has 0 saturated carbocycles. The number of benzene rings is 1. The van der Waals surface area contributed by atoms with E-state index in [0.717, 1.165) is 0 Å². The highest BCUT2D eigenvalue weighted by atomic mass is 32.2. The number of allylic oxidation sites excluding steroid dienone is 4. The second-order valence-corrected chi connectivity index (χ2v) is 12.2. The topological polar surface area (TPSA) is 93.6 Å². The van der Waals surface area contributed by atoms with Crippen LogP contribution in [0.1, 0.15) is 18.9 Å². The summed E-state index contributed by atoms with van der Waals surface area (Å²) in [5.74, 6) is 0. The summed E-state index contributed by atoms with van der Waals surface area (Å²) in [5, 5.41) is 19.6. The molecule has 1 aliphatic carbocycles. The van der Waals surface area contributed by atoms with Crippen LogP contribution in [0, 0.1) is 0 Å². The highest BCUT2D eigenvalue weighted by molar-refractivity contribution is 7.96. The number of anilines is 1. The maximum Gasteiger partial charge on any atom is 0.421 e. The Bertz CT molecular complexity index is 1190. The first-order chi connectivity index (χ1) is 17.8. The number of sulfonamides is 1. The number of halogens is 3. The quantitative estimate of drug-likeness (QED) is 0.478. The van der Waals surface area contributed by atoms with E-state index in [0.29, 0.717) is 56.7 Å². The van der Waals surface area contributed by atoms with Crippen molar-refractivity contribution in [1.29, 1.82) is 0 Å². The maximum atomic E-state index is 13.5. The lowest BCUT2D eigenvalue weighted by molar-refractivity contribution is -0.258. The molecule has 2 N–H and O–H groups in total. The third-order valence-corrected chi connectivity index (χ3v) is 9.70. The average Bonchev–Trinajstić information content (AvgIpc) is 2.88. The van der Waals surface area contributed by atoms with Crippen molar-refractivity contribution in [3.05, 3.63) is 53.0 Å². The molecular formula is C25H32F3N3O5S2. The standard InChI is InChI=1S/C25H32F3N3O5S2/c1-24(33,25(26,27)28)18-6-8-19(9-7-18)31-11-10-30(38(34,35)23-5-3-2-4-22(23)37)15-20(31)14-29-12-13-36-21(16-29)17-32/h2-3,5-9,20-21,32-33H,4,10-17H2,1H3/t20-,21-,24?/m0/s1. The van der Waals surface area contributed by atoms with Crippen molar-refractivity contribution in [2.75, 3.05) is 57.4 Å². The van der Waals surface area contributed by atoms with Crippen LogP contribution >= 0.6 is 12.2 Å². The molecule has 38 heavy (non-hydrogen) atoms. The van der Waals surface area contributed by atoms with E-state index in [9.17, 15) is 31.8 Å². The molecule has 2 aliphatic heterocycles. The summed E-state index contributed by atoms with van der Waals surface area (Å²) in [5.41, 5.74) is -2.65. The molecule has 3 aliphatic rings. The summed E-state index contributed by atoms with van der Waals surface area (Å²) < 4.78 is 73.9. The first-order valence-corrected chi connectivity index (χ1v) is 14.2. The second kappa shape index (κ2) is 11.3. The van der Waals surface area contributed by atoms with Crippen molar-refractivity contribution in [3.63, 3.8) is 0 Å². The summed E-state index contributed by atoms with van der Waals surface area (Å²) in [4.78, 5) is 4.55. The smallest absolute Gasteiger partial charge is 0.394 e. The minimum absolute atomic E-state index is 0.118. The van der Waals surface area contributed by atoms with Gasteiger partial charge in [-0.2, -0.15) is 17.5 Å². The highest BCUT2D eigenvalue weighted by Crippen LogP contribution is 2.39. The van der Waals surface area contributed by atoms with Crippen LogP contribution in [0.15, 0.2) is 47.4 Å². The number of hydrogen-bond acceptors (Lipinski definition) is 8. The molecule has 2 heterocycles.